The molecule has 0 aliphatic carbocycles. The largest absolute Gasteiger partial charge is 0.497 e. The number of ether oxygens (including phenoxy) is 2. The Morgan fingerprint density at radius 3 is 2.27 bits per heavy atom. The summed E-state index contributed by atoms with van der Waals surface area (Å²) in [5.74, 6) is 2.50. The molecule has 26 heavy (non-hydrogen) atoms. The first-order valence-corrected chi connectivity index (χ1v) is 8.38. The van der Waals surface area contributed by atoms with E-state index in [-0.39, 0.29) is 0 Å². The van der Waals surface area contributed by atoms with E-state index in [0.717, 1.165) is 5.69 Å². The Labute approximate surface area is 161 Å². The van der Waals surface area contributed by atoms with Gasteiger partial charge < -0.3 is 20.1 Å². The standard InChI is InChI=1S/C18H16Cl2N4O2/c1-25-11-6-7-15(26-2)14(8-11)24-17-9-16(21-10-22-17)23-13-5-3-4-12(19)18(13)20/h3-10H,1-2H3,(H2,21,22,23,24). The van der Waals surface area contributed by atoms with E-state index in [0.29, 0.717) is 38.9 Å². The Morgan fingerprint density at radius 1 is 0.846 bits per heavy atom. The van der Waals surface area contributed by atoms with Gasteiger partial charge in [0.15, 0.2) is 0 Å². The molecular weight excluding hydrogens is 375 g/mol. The third-order valence-corrected chi connectivity index (χ3v) is 4.37. The van der Waals surface area contributed by atoms with Crippen LogP contribution in [0.5, 0.6) is 11.5 Å². The second kappa shape index (κ2) is 8.12. The van der Waals surface area contributed by atoms with Crippen molar-refractivity contribution in [2.45, 2.75) is 0 Å². The lowest BCUT2D eigenvalue weighted by Gasteiger charge is -2.13. The molecule has 0 aliphatic rings. The summed E-state index contributed by atoms with van der Waals surface area (Å²) in [6.45, 7) is 0. The molecule has 0 saturated heterocycles. The van der Waals surface area contributed by atoms with Gasteiger partial charge in [0.05, 0.1) is 35.6 Å². The molecule has 0 spiro atoms. The van der Waals surface area contributed by atoms with E-state index in [1.807, 2.05) is 24.3 Å². The number of hydrogen-bond donors (Lipinski definition) is 2. The van der Waals surface area contributed by atoms with Crippen molar-refractivity contribution in [3.8, 4) is 11.5 Å². The van der Waals surface area contributed by atoms with Gasteiger partial charge in [-0.1, -0.05) is 29.3 Å². The molecule has 1 heterocycles. The molecule has 0 bridgehead atoms. The van der Waals surface area contributed by atoms with Crippen LogP contribution in [0.4, 0.5) is 23.0 Å². The second-order valence-electron chi connectivity index (χ2n) is 5.21. The number of methoxy groups -OCH3 is 2. The summed E-state index contributed by atoms with van der Waals surface area (Å²) >= 11 is 12.2. The molecule has 0 radical (unpaired) electrons. The van der Waals surface area contributed by atoms with E-state index in [2.05, 4.69) is 20.6 Å². The Bertz CT molecular complexity index is 921. The highest BCUT2D eigenvalue weighted by molar-refractivity contribution is 6.43. The molecule has 0 saturated carbocycles. The Hall–Kier alpha value is -2.70. The van der Waals surface area contributed by atoms with Gasteiger partial charge >= 0.3 is 0 Å². The van der Waals surface area contributed by atoms with Crippen LogP contribution in [0.2, 0.25) is 10.0 Å². The lowest BCUT2D eigenvalue weighted by molar-refractivity contribution is 0.405. The minimum absolute atomic E-state index is 0.428. The summed E-state index contributed by atoms with van der Waals surface area (Å²) in [6.07, 6.45) is 1.44. The predicted molar refractivity (Wildman–Crippen MR) is 105 cm³/mol. The number of anilines is 4. The number of rotatable bonds is 6. The average Bonchev–Trinajstić information content (AvgIpc) is 2.66. The molecule has 0 atom stereocenters. The van der Waals surface area contributed by atoms with Gasteiger partial charge in [0.1, 0.15) is 29.5 Å². The minimum Gasteiger partial charge on any atom is -0.497 e. The van der Waals surface area contributed by atoms with Crippen molar-refractivity contribution in [2.24, 2.45) is 0 Å². The quantitative estimate of drug-likeness (QED) is 0.595. The maximum absolute atomic E-state index is 6.20. The van der Waals surface area contributed by atoms with Crippen LogP contribution in [0, 0.1) is 0 Å². The fourth-order valence-corrected chi connectivity index (χ4v) is 2.63. The lowest BCUT2D eigenvalue weighted by Crippen LogP contribution is -2.00. The minimum atomic E-state index is 0.428. The van der Waals surface area contributed by atoms with Crippen molar-refractivity contribution in [2.75, 3.05) is 24.9 Å². The molecule has 0 fully saturated rings. The number of nitrogens with one attached hydrogen (secondary N) is 2. The van der Waals surface area contributed by atoms with Gasteiger partial charge in [-0.2, -0.15) is 0 Å². The molecule has 3 aromatic rings. The van der Waals surface area contributed by atoms with Crippen LogP contribution in [0.15, 0.2) is 48.8 Å². The lowest BCUT2D eigenvalue weighted by atomic mass is 10.2. The third-order valence-electron chi connectivity index (χ3n) is 3.55. The molecule has 6 nitrogen and oxygen atoms in total. The van der Waals surface area contributed by atoms with E-state index in [1.54, 1.807) is 32.4 Å². The monoisotopic (exact) mass is 390 g/mol. The number of aromatic nitrogens is 2. The van der Waals surface area contributed by atoms with Crippen molar-refractivity contribution in [1.82, 2.24) is 9.97 Å². The van der Waals surface area contributed by atoms with Crippen LogP contribution in [0.3, 0.4) is 0 Å². The summed E-state index contributed by atoms with van der Waals surface area (Å²) in [4.78, 5) is 8.43. The van der Waals surface area contributed by atoms with Gasteiger partial charge in [0, 0.05) is 12.1 Å². The molecule has 0 unspecified atom stereocenters. The molecule has 2 aromatic carbocycles. The SMILES string of the molecule is COc1ccc(OC)c(Nc2cc(Nc3cccc(Cl)c3Cl)ncn2)c1. The zero-order chi connectivity index (χ0) is 18.5. The van der Waals surface area contributed by atoms with E-state index < -0.39 is 0 Å². The van der Waals surface area contributed by atoms with Crippen molar-refractivity contribution < 1.29 is 9.47 Å². The van der Waals surface area contributed by atoms with Gasteiger partial charge in [-0.05, 0) is 24.3 Å². The Balaban J connectivity index is 1.85. The summed E-state index contributed by atoms with van der Waals surface area (Å²) in [7, 11) is 3.20. The number of hydrogen-bond acceptors (Lipinski definition) is 6. The summed E-state index contributed by atoms with van der Waals surface area (Å²) in [5, 5.41) is 7.21. The topological polar surface area (TPSA) is 68.3 Å². The highest BCUT2D eigenvalue weighted by Gasteiger charge is 2.09. The van der Waals surface area contributed by atoms with Gasteiger partial charge in [0.25, 0.3) is 0 Å². The van der Waals surface area contributed by atoms with Crippen LogP contribution in [-0.4, -0.2) is 24.2 Å². The van der Waals surface area contributed by atoms with E-state index in [9.17, 15) is 0 Å². The maximum atomic E-state index is 6.20. The van der Waals surface area contributed by atoms with E-state index >= 15 is 0 Å². The summed E-state index contributed by atoms with van der Waals surface area (Å²) in [5.41, 5.74) is 1.38. The third kappa shape index (κ3) is 4.09. The smallest absolute Gasteiger partial charge is 0.142 e. The number of nitrogens with zero attached hydrogens (tertiary/aromatic N) is 2. The average molecular weight is 391 g/mol. The van der Waals surface area contributed by atoms with Crippen molar-refractivity contribution >= 4 is 46.2 Å². The molecule has 0 amide bonds. The van der Waals surface area contributed by atoms with Crippen molar-refractivity contribution in [3.63, 3.8) is 0 Å². The molecule has 3 rings (SSSR count). The molecule has 2 N–H and O–H groups in total. The van der Waals surface area contributed by atoms with E-state index in [1.165, 1.54) is 6.33 Å². The molecule has 8 heteroatoms. The first-order chi connectivity index (χ1) is 12.6. The van der Waals surface area contributed by atoms with Crippen LogP contribution in [-0.2, 0) is 0 Å². The fourth-order valence-electron chi connectivity index (χ4n) is 2.28. The van der Waals surface area contributed by atoms with Crippen LogP contribution in [0.25, 0.3) is 0 Å². The van der Waals surface area contributed by atoms with Crippen LogP contribution >= 0.6 is 23.2 Å². The highest BCUT2D eigenvalue weighted by atomic mass is 35.5. The van der Waals surface area contributed by atoms with Crippen LogP contribution < -0.4 is 20.1 Å². The van der Waals surface area contributed by atoms with Gasteiger partial charge in [-0.15, -0.1) is 0 Å². The van der Waals surface area contributed by atoms with Gasteiger partial charge in [-0.3, -0.25) is 0 Å². The molecule has 0 aliphatic heterocycles. The van der Waals surface area contributed by atoms with Crippen LogP contribution in [0.1, 0.15) is 0 Å². The molecule has 1 aromatic heterocycles. The predicted octanol–water partition coefficient (Wildman–Crippen LogP) is 5.29. The van der Waals surface area contributed by atoms with Crippen molar-refractivity contribution in [3.05, 3.63) is 58.8 Å². The van der Waals surface area contributed by atoms with Gasteiger partial charge in [-0.25, -0.2) is 9.97 Å². The Morgan fingerprint density at radius 2 is 1.58 bits per heavy atom. The molecular formula is C18H16Cl2N4O2. The second-order valence-corrected chi connectivity index (χ2v) is 5.99. The first kappa shape index (κ1) is 18.1. The van der Waals surface area contributed by atoms with E-state index in [4.69, 9.17) is 32.7 Å². The summed E-state index contributed by atoms with van der Waals surface area (Å²) < 4.78 is 10.6. The summed E-state index contributed by atoms with van der Waals surface area (Å²) in [6, 6.07) is 12.5. The Kier molecular flexibility index (Phi) is 5.65. The maximum Gasteiger partial charge on any atom is 0.142 e. The number of halogens is 2. The zero-order valence-electron chi connectivity index (χ0n) is 14.1. The fraction of sp³-hybridized carbons (Fsp3) is 0.111. The number of benzene rings is 2. The molecule has 134 valence electrons. The highest BCUT2D eigenvalue weighted by Crippen LogP contribution is 2.33. The zero-order valence-corrected chi connectivity index (χ0v) is 15.6. The van der Waals surface area contributed by atoms with Gasteiger partial charge in [0.2, 0.25) is 0 Å². The normalized spacial score (nSPS) is 10.3. The first-order valence-electron chi connectivity index (χ1n) is 7.63. The van der Waals surface area contributed by atoms with Crippen molar-refractivity contribution in [1.29, 1.82) is 0 Å².